The number of aromatic nitrogens is 2. The number of benzene rings is 2. The molecular weight excluding hydrogens is 346 g/mol. The van der Waals surface area contributed by atoms with Crippen molar-refractivity contribution in [2.45, 2.75) is 13.5 Å². The molecule has 1 heterocycles. The van der Waals surface area contributed by atoms with Crippen molar-refractivity contribution in [1.82, 2.24) is 9.97 Å². The zero-order valence-corrected chi connectivity index (χ0v) is 14.1. The van der Waals surface area contributed by atoms with Crippen LogP contribution in [0.25, 0.3) is 0 Å². The molecule has 0 unspecified atom stereocenters. The second-order valence-electron chi connectivity index (χ2n) is 5.41. The fourth-order valence-corrected chi connectivity index (χ4v) is 2.37. The molecule has 0 bridgehead atoms. The van der Waals surface area contributed by atoms with Crippen LogP contribution in [0.3, 0.4) is 0 Å². The molecule has 0 fully saturated rings. The van der Waals surface area contributed by atoms with Gasteiger partial charge in [0.05, 0.1) is 5.69 Å². The summed E-state index contributed by atoms with van der Waals surface area (Å²) in [6, 6.07) is 12.4. The second kappa shape index (κ2) is 7.44. The van der Waals surface area contributed by atoms with Crippen LogP contribution in [-0.2, 0) is 6.54 Å². The van der Waals surface area contributed by atoms with Crippen molar-refractivity contribution >= 4 is 28.9 Å². The smallest absolute Gasteiger partial charge is 0.149 e. The molecule has 25 heavy (non-hydrogen) atoms. The van der Waals surface area contributed by atoms with Gasteiger partial charge in [0.15, 0.2) is 0 Å². The molecule has 4 nitrogen and oxygen atoms in total. The number of hydrogen-bond acceptors (Lipinski definition) is 4. The van der Waals surface area contributed by atoms with Gasteiger partial charge in [0.1, 0.15) is 29.1 Å². The second-order valence-corrected chi connectivity index (χ2v) is 5.85. The molecule has 3 aromatic rings. The summed E-state index contributed by atoms with van der Waals surface area (Å²) < 4.78 is 26.8. The predicted molar refractivity (Wildman–Crippen MR) is 95.2 cm³/mol. The van der Waals surface area contributed by atoms with Crippen LogP contribution in [0.1, 0.15) is 11.4 Å². The molecule has 0 aliphatic heterocycles. The highest BCUT2D eigenvalue weighted by Gasteiger charge is 2.07. The lowest BCUT2D eigenvalue weighted by atomic mass is 10.2. The summed E-state index contributed by atoms with van der Waals surface area (Å²) in [6.07, 6.45) is 0. The number of nitrogens with one attached hydrogen (secondary N) is 2. The van der Waals surface area contributed by atoms with E-state index in [2.05, 4.69) is 20.6 Å². The van der Waals surface area contributed by atoms with E-state index in [9.17, 15) is 8.78 Å². The number of aryl methyl sites for hydroxylation is 1. The maximum absolute atomic E-state index is 13.8. The first kappa shape index (κ1) is 17.1. The standard InChI is InChI=1S/C18H15ClF2N4/c1-11-23-17(22-10-12-2-4-13(19)5-3-12)9-18(24-11)25-16-7-6-14(20)8-15(16)21/h2-9H,10H2,1H3,(H2,22,23,24,25). The summed E-state index contributed by atoms with van der Waals surface area (Å²) >= 11 is 5.87. The van der Waals surface area contributed by atoms with Crippen LogP contribution >= 0.6 is 11.6 Å². The quantitative estimate of drug-likeness (QED) is 0.666. The Morgan fingerprint density at radius 2 is 1.68 bits per heavy atom. The van der Waals surface area contributed by atoms with Gasteiger partial charge in [0.2, 0.25) is 0 Å². The number of hydrogen-bond donors (Lipinski definition) is 2. The van der Waals surface area contributed by atoms with Crippen LogP contribution < -0.4 is 10.6 Å². The van der Waals surface area contributed by atoms with E-state index >= 15 is 0 Å². The Balaban J connectivity index is 1.74. The van der Waals surface area contributed by atoms with Crippen molar-refractivity contribution in [3.8, 4) is 0 Å². The molecule has 1 aromatic heterocycles. The molecule has 0 radical (unpaired) electrons. The van der Waals surface area contributed by atoms with Crippen molar-refractivity contribution in [3.05, 3.63) is 76.6 Å². The van der Waals surface area contributed by atoms with E-state index in [-0.39, 0.29) is 5.69 Å². The Bertz CT molecular complexity index is 885. The van der Waals surface area contributed by atoms with Crippen LogP contribution in [0.2, 0.25) is 5.02 Å². The van der Waals surface area contributed by atoms with Crippen LogP contribution in [0, 0.1) is 18.6 Å². The highest BCUT2D eigenvalue weighted by Crippen LogP contribution is 2.21. The van der Waals surface area contributed by atoms with Gasteiger partial charge in [-0.05, 0) is 36.8 Å². The summed E-state index contributed by atoms with van der Waals surface area (Å²) in [4.78, 5) is 8.52. The highest BCUT2D eigenvalue weighted by atomic mass is 35.5. The lowest BCUT2D eigenvalue weighted by Crippen LogP contribution is -2.05. The molecular formula is C18H15ClF2N4. The van der Waals surface area contributed by atoms with Gasteiger partial charge < -0.3 is 10.6 Å². The summed E-state index contributed by atoms with van der Waals surface area (Å²) in [7, 11) is 0. The van der Waals surface area contributed by atoms with Gasteiger partial charge in [0, 0.05) is 23.7 Å². The zero-order valence-electron chi connectivity index (χ0n) is 13.4. The van der Waals surface area contributed by atoms with E-state index in [0.717, 1.165) is 11.6 Å². The Morgan fingerprint density at radius 1 is 0.960 bits per heavy atom. The third-order valence-corrected chi connectivity index (χ3v) is 3.67. The highest BCUT2D eigenvalue weighted by molar-refractivity contribution is 6.30. The van der Waals surface area contributed by atoms with E-state index < -0.39 is 11.6 Å². The van der Waals surface area contributed by atoms with Gasteiger partial charge in [-0.3, -0.25) is 0 Å². The molecule has 7 heteroatoms. The minimum absolute atomic E-state index is 0.142. The molecule has 0 aliphatic carbocycles. The Hall–Kier alpha value is -2.73. The first-order valence-corrected chi connectivity index (χ1v) is 7.93. The molecule has 0 amide bonds. The molecule has 0 saturated heterocycles. The normalized spacial score (nSPS) is 10.6. The van der Waals surface area contributed by atoms with Gasteiger partial charge >= 0.3 is 0 Å². The topological polar surface area (TPSA) is 49.8 Å². The molecule has 0 aliphatic rings. The molecule has 0 atom stereocenters. The lowest BCUT2D eigenvalue weighted by Gasteiger charge is -2.11. The SMILES string of the molecule is Cc1nc(NCc2ccc(Cl)cc2)cc(Nc2ccc(F)cc2F)n1. The van der Waals surface area contributed by atoms with Crippen LogP contribution in [0.15, 0.2) is 48.5 Å². The van der Waals surface area contributed by atoms with Crippen molar-refractivity contribution in [2.75, 3.05) is 10.6 Å². The molecule has 2 aromatic carbocycles. The number of rotatable bonds is 5. The molecule has 0 saturated carbocycles. The van der Waals surface area contributed by atoms with Crippen LogP contribution in [-0.4, -0.2) is 9.97 Å². The largest absolute Gasteiger partial charge is 0.366 e. The van der Waals surface area contributed by atoms with Gasteiger partial charge in [-0.25, -0.2) is 18.7 Å². The van der Waals surface area contributed by atoms with Crippen LogP contribution in [0.4, 0.5) is 26.1 Å². The first-order chi connectivity index (χ1) is 12.0. The summed E-state index contributed by atoms with van der Waals surface area (Å²) in [6.45, 7) is 2.29. The molecule has 2 N–H and O–H groups in total. The Kier molecular flexibility index (Phi) is 5.09. The summed E-state index contributed by atoms with van der Waals surface area (Å²) in [5.74, 6) is 0.203. The third kappa shape index (κ3) is 4.64. The van der Waals surface area contributed by atoms with Gasteiger partial charge in [-0.2, -0.15) is 0 Å². The van der Waals surface area contributed by atoms with Gasteiger partial charge in [-0.1, -0.05) is 23.7 Å². The Morgan fingerprint density at radius 3 is 2.40 bits per heavy atom. The Labute approximate surface area is 148 Å². The van der Waals surface area contributed by atoms with Crippen molar-refractivity contribution < 1.29 is 8.78 Å². The first-order valence-electron chi connectivity index (χ1n) is 7.56. The average molecular weight is 361 g/mol. The molecule has 128 valence electrons. The van der Waals surface area contributed by atoms with Crippen molar-refractivity contribution in [3.63, 3.8) is 0 Å². The van der Waals surface area contributed by atoms with E-state index in [1.807, 2.05) is 24.3 Å². The lowest BCUT2D eigenvalue weighted by molar-refractivity contribution is 0.586. The van der Waals surface area contributed by atoms with Crippen molar-refractivity contribution in [2.24, 2.45) is 0 Å². The monoisotopic (exact) mass is 360 g/mol. The predicted octanol–water partition coefficient (Wildman–Crippen LogP) is 5.07. The minimum atomic E-state index is -0.688. The number of halogens is 3. The maximum Gasteiger partial charge on any atom is 0.149 e. The van der Waals surface area contributed by atoms with Crippen molar-refractivity contribution in [1.29, 1.82) is 0 Å². The number of nitrogens with zero attached hydrogens (tertiary/aromatic N) is 2. The van der Waals surface area contributed by atoms with Gasteiger partial charge in [-0.15, -0.1) is 0 Å². The minimum Gasteiger partial charge on any atom is -0.366 e. The molecule has 0 spiro atoms. The fraction of sp³-hybridized carbons (Fsp3) is 0.111. The third-order valence-electron chi connectivity index (χ3n) is 3.42. The fourth-order valence-electron chi connectivity index (χ4n) is 2.25. The zero-order chi connectivity index (χ0) is 17.8. The van der Waals surface area contributed by atoms with E-state index in [1.165, 1.54) is 12.1 Å². The van der Waals surface area contributed by atoms with E-state index in [4.69, 9.17) is 11.6 Å². The van der Waals surface area contributed by atoms with E-state index in [0.29, 0.717) is 29.0 Å². The average Bonchev–Trinajstić information content (AvgIpc) is 2.56. The summed E-state index contributed by atoms with van der Waals surface area (Å²) in [5, 5.41) is 6.69. The van der Waals surface area contributed by atoms with E-state index in [1.54, 1.807) is 13.0 Å². The molecule has 3 rings (SSSR count). The maximum atomic E-state index is 13.8. The number of anilines is 3. The summed E-state index contributed by atoms with van der Waals surface area (Å²) in [5.41, 5.74) is 1.18. The van der Waals surface area contributed by atoms with Gasteiger partial charge in [0.25, 0.3) is 0 Å². The van der Waals surface area contributed by atoms with Crippen LogP contribution in [0.5, 0.6) is 0 Å².